The summed E-state index contributed by atoms with van der Waals surface area (Å²) in [6.07, 6.45) is 13.1. The Bertz CT molecular complexity index is 633. The number of nitrogens with zero attached hydrogens (tertiary/aromatic N) is 1. The number of quaternary nitrogens is 1. The minimum Gasteiger partial charge on any atom is -0.461 e. The predicted molar refractivity (Wildman–Crippen MR) is 121 cm³/mol. The maximum Gasteiger partial charge on any atom is 0.313 e. The van der Waals surface area contributed by atoms with Crippen LogP contribution in [0.5, 0.6) is 0 Å². The Morgan fingerprint density at radius 2 is 1.70 bits per heavy atom. The van der Waals surface area contributed by atoms with E-state index in [-0.39, 0.29) is 24.6 Å². The number of hydrogen-bond donors (Lipinski definition) is 1. The maximum atomic E-state index is 13.0. The smallest absolute Gasteiger partial charge is 0.313 e. The molecule has 2 aliphatic rings. The van der Waals surface area contributed by atoms with Gasteiger partial charge in [-0.15, -0.1) is 0 Å². The number of carbonyl (C=O) groups is 1. The highest BCUT2D eigenvalue weighted by Crippen LogP contribution is 2.43. The fourth-order valence-corrected chi connectivity index (χ4v) is 5.87. The van der Waals surface area contributed by atoms with Gasteiger partial charge in [0.1, 0.15) is 6.10 Å². The van der Waals surface area contributed by atoms with Crippen LogP contribution in [0.4, 0.5) is 0 Å². The van der Waals surface area contributed by atoms with Crippen LogP contribution in [-0.4, -0.2) is 53.9 Å². The second-order valence-electron chi connectivity index (χ2n) is 9.73. The molecule has 0 spiro atoms. The van der Waals surface area contributed by atoms with Crippen molar-refractivity contribution in [1.82, 2.24) is 0 Å². The number of rotatable bonds is 12. The quantitative estimate of drug-likeness (QED) is 0.289. The molecule has 4 heteroatoms. The minimum absolute atomic E-state index is 0.00219. The normalized spacial score (nSPS) is 29.0. The third kappa shape index (κ3) is 5.64. The predicted octanol–water partition coefficient (Wildman–Crippen LogP) is 5.20. The van der Waals surface area contributed by atoms with Crippen LogP contribution in [0.3, 0.4) is 0 Å². The Morgan fingerprint density at radius 3 is 2.33 bits per heavy atom. The Morgan fingerprint density at radius 1 is 1.07 bits per heavy atom. The number of esters is 1. The Hall–Kier alpha value is -1.39. The molecule has 3 rings (SSSR count). The van der Waals surface area contributed by atoms with Gasteiger partial charge in [-0.05, 0) is 24.8 Å². The molecule has 4 nitrogen and oxygen atoms in total. The van der Waals surface area contributed by atoms with Gasteiger partial charge in [0.25, 0.3) is 0 Å². The number of ether oxygens (including phenoxy) is 1. The van der Waals surface area contributed by atoms with Crippen molar-refractivity contribution < 1.29 is 19.1 Å². The van der Waals surface area contributed by atoms with Crippen molar-refractivity contribution in [2.45, 2.75) is 102 Å². The van der Waals surface area contributed by atoms with Crippen LogP contribution in [0.25, 0.3) is 0 Å². The summed E-state index contributed by atoms with van der Waals surface area (Å²) >= 11 is 0. The molecule has 3 unspecified atom stereocenters. The first-order valence-electron chi connectivity index (χ1n) is 12.3. The van der Waals surface area contributed by atoms with E-state index < -0.39 is 0 Å². The summed E-state index contributed by atoms with van der Waals surface area (Å²) in [5.74, 6) is -0.522. The third-order valence-corrected chi connectivity index (χ3v) is 7.75. The lowest BCUT2D eigenvalue weighted by atomic mass is 9.94. The van der Waals surface area contributed by atoms with Crippen molar-refractivity contribution in [3.63, 3.8) is 0 Å². The fourth-order valence-electron chi connectivity index (χ4n) is 5.87. The molecule has 2 fully saturated rings. The van der Waals surface area contributed by atoms with Gasteiger partial charge < -0.3 is 14.3 Å². The van der Waals surface area contributed by atoms with Gasteiger partial charge in [-0.2, -0.15) is 0 Å². The molecule has 2 heterocycles. The molecule has 0 amide bonds. The highest BCUT2D eigenvalue weighted by molar-refractivity contribution is 5.78. The second kappa shape index (κ2) is 11.3. The van der Waals surface area contributed by atoms with Gasteiger partial charge in [0.15, 0.2) is 0 Å². The Kier molecular flexibility index (Phi) is 8.76. The Balaban J connectivity index is 1.52. The van der Waals surface area contributed by atoms with Crippen LogP contribution in [0.15, 0.2) is 30.3 Å². The van der Waals surface area contributed by atoms with E-state index in [4.69, 9.17) is 4.74 Å². The summed E-state index contributed by atoms with van der Waals surface area (Å²) in [6.45, 7) is 3.55. The molecule has 1 N–H and O–H groups in total. The number of fused-ring (bicyclic) bond motifs is 2. The van der Waals surface area contributed by atoms with Gasteiger partial charge in [-0.25, -0.2) is 0 Å². The lowest BCUT2D eigenvalue weighted by Gasteiger charge is -2.47. The molecule has 0 aliphatic carbocycles. The molecule has 2 saturated heterocycles. The monoisotopic (exact) mass is 416 g/mol. The zero-order valence-corrected chi connectivity index (χ0v) is 19.1. The van der Waals surface area contributed by atoms with Crippen molar-refractivity contribution in [2.24, 2.45) is 0 Å². The molecule has 0 aromatic heterocycles. The molecule has 0 radical (unpaired) electrons. The number of piperidine rings is 1. The van der Waals surface area contributed by atoms with Gasteiger partial charge in [-0.3, -0.25) is 4.79 Å². The van der Waals surface area contributed by atoms with Crippen LogP contribution in [0.2, 0.25) is 0 Å². The van der Waals surface area contributed by atoms with Gasteiger partial charge >= 0.3 is 5.97 Å². The Labute approximate surface area is 183 Å². The van der Waals surface area contributed by atoms with E-state index >= 15 is 0 Å². The molecular formula is C26H42NO3+. The lowest BCUT2D eigenvalue weighted by molar-refractivity contribution is -0.949. The largest absolute Gasteiger partial charge is 0.461 e. The molecule has 168 valence electrons. The number of aliphatic hydroxyl groups is 1. The van der Waals surface area contributed by atoms with Gasteiger partial charge in [0, 0.05) is 32.3 Å². The standard InChI is InChI=1S/C26H42NO3/c1-3-4-5-6-7-11-17-27(2)22-14-15-23(27)20-24(19-22)30-26(29)25(16-18-28)21-12-9-8-10-13-21/h8-10,12-13,22-25,28H,3-7,11,14-20H2,1-2H3/q+1. The average Bonchev–Trinajstić information content (AvgIpc) is 2.92. The van der Waals surface area contributed by atoms with Crippen molar-refractivity contribution >= 4 is 5.97 Å². The summed E-state index contributed by atoms with van der Waals surface area (Å²) < 4.78 is 7.24. The molecular weight excluding hydrogens is 374 g/mol. The highest BCUT2D eigenvalue weighted by atomic mass is 16.5. The number of unbranched alkanes of at least 4 members (excludes halogenated alkanes) is 5. The molecule has 2 bridgehead atoms. The van der Waals surface area contributed by atoms with Crippen LogP contribution < -0.4 is 0 Å². The summed E-state index contributed by atoms with van der Waals surface area (Å²) in [4.78, 5) is 13.0. The SMILES string of the molecule is CCCCCCCC[N+]1(C)C2CCC1CC(OC(=O)C(CCO)c1ccccc1)C2. The molecule has 3 atom stereocenters. The molecule has 1 aromatic rings. The topological polar surface area (TPSA) is 46.5 Å². The van der Waals surface area contributed by atoms with E-state index in [9.17, 15) is 9.90 Å². The molecule has 1 aromatic carbocycles. The van der Waals surface area contributed by atoms with Crippen molar-refractivity contribution in [1.29, 1.82) is 0 Å². The summed E-state index contributed by atoms with van der Waals surface area (Å²) in [5.41, 5.74) is 0.944. The number of hydrogen-bond acceptors (Lipinski definition) is 3. The minimum atomic E-state index is -0.361. The number of benzene rings is 1. The maximum absolute atomic E-state index is 13.0. The highest BCUT2D eigenvalue weighted by Gasteiger charge is 2.52. The van der Waals surface area contributed by atoms with Crippen LogP contribution in [0, 0.1) is 0 Å². The molecule has 30 heavy (non-hydrogen) atoms. The summed E-state index contributed by atoms with van der Waals surface area (Å²) in [7, 11) is 2.45. The van der Waals surface area contributed by atoms with Crippen molar-refractivity contribution in [3.05, 3.63) is 35.9 Å². The average molecular weight is 417 g/mol. The van der Waals surface area contributed by atoms with Gasteiger partial charge in [0.05, 0.1) is 31.6 Å². The second-order valence-corrected chi connectivity index (χ2v) is 9.73. The van der Waals surface area contributed by atoms with Crippen molar-refractivity contribution in [2.75, 3.05) is 20.2 Å². The zero-order chi connectivity index (χ0) is 21.4. The number of carbonyl (C=O) groups excluding carboxylic acids is 1. The first-order valence-corrected chi connectivity index (χ1v) is 12.3. The van der Waals surface area contributed by atoms with Gasteiger partial charge in [0.2, 0.25) is 0 Å². The van der Waals surface area contributed by atoms with Gasteiger partial charge in [-0.1, -0.05) is 62.9 Å². The van der Waals surface area contributed by atoms with Crippen molar-refractivity contribution in [3.8, 4) is 0 Å². The van der Waals surface area contributed by atoms with E-state index in [0.29, 0.717) is 18.5 Å². The summed E-state index contributed by atoms with van der Waals surface area (Å²) in [6, 6.07) is 11.0. The number of aliphatic hydroxyl groups excluding tert-OH is 1. The van der Waals surface area contributed by atoms with E-state index in [1.54, 1.807) is 0 Å². The van der Waals surface area contributed by atoms with E-state index in [1.807, 2.05) is 30.3 Å². The van der Waals surface area contributed by atoms with E-state index in [2.05, 4.69) is 14.0 Å². The zero-order valence-electron chi connectivity index (χ0n) is 19.1. The summed E-state index contributed by atoms with van der Waals surface area (Å²) in [5, 5.41) is 9.46. The lowest BCUT2D eigenvalue weighted by Crippen LogP contribution is -2.59. The van der Waals surface area contributed by atoms with Crippen LogP contribution in [0.1, 0.15) is 89.0 Å². The first kappa shape index (κ1) is 23.3. The van der Waals surface area contributed by atoms with E-state index in [0.717, 1.165) is 18.4 Å². The first-order chi connectivity index (χ1) is 14.6. The molecule has 0 saturated carbocycles. The van der Waals surface area contributed by atoms with E-state index in [1.165, 1.54) is 62.4 Å². The fraction of sp³-hybridized carbons (Fsp3) is 0.731. The van der Waals surface area contributed by atoms with Crippen LogP contribution in [-0.2, 0) is 9.53 Å². The third-order valence-electron chi connectivity index (χ3n) is 7.75. The van der Waals surface area contributed by atoms with Crippen LogP contribution >= 0.6 is 0 Å². The molecule has 2 aliphatic heterocycles.